The first-order chi connectivity index (χ1) is 5.27. The summed E-state index contributed by atoms with van der Waals surface area (Å²) in [5.74, 6) is 0. The number of ether oxygens (including phenoxy) is 1. The van der Waals surface area contributed by atoms with Gasteiger partial charge in [-0.05, 0) is 6.92 Å². The molecule has 0 rings (SSSR count). The van der Waals surface area contributed by atoms with Gasteiger partial charge in [0.25, 0.3) is 0 Å². The van der Waals surface area contributed by atoms with Crippen molar-refractivity contribution in [1.29, 1.82) is 0 Å². The maximum atomic E-state index is 5.28. The third-order valence-electron chi connectivity index (χ3n) is 1.25. The summed E-state index contributed by atoms with van der Waals surface area (Å²) in [7, 11) is 0. The van der Waals surface area contributed by atoms with Gasteiger partial charge in [0.2, 0.25) is 0 Å². The molecule has 0 heterocycles. The number of allylic oxidation sites excluding steroid dienone is 1. The van der Waals surface area contributed by atoms with Crippen LogP contribution in [0.3, 0.4) is 0 Å². The van der Waals surface area contributed by atoms with Gasteiger partial charge in [-0.3, -0.25) is 0 Å². The molecular weight excluding hydrogens is 138 g/mol. The van der Waals surface area contributed by atoms with Gasteiger partial charge in [-0.25, -0.2) is 0 Å². The van der Waals surface area contributed by atoms with E-state index in [4.69, 9.17) is 4.74 Å². The molecule has 0 saturated heterocycles. The van der Waals surface area contributed by atoms with Crippen molar-refractivity contribution in [3.05, 3.63) is 12.2 Å². The molecule has 0 spiro atoms. The van der Waals surface area contributed by atoms with E-state index in [9.17, 15) is 0 Å². The van der Waals surface area contributed by atoms with Crippen LogP contribution in [0.2, 0.25) is 0 Å². The van der Waals surface area contributed by atoms with Crippen LogP contribution in [-0.2, 0) is 4.74 Å². The summed E-state index contributed by atoms with van der Waals surface area (Å²) in [6.07, 6.45) is 4.01. The smallest absolute Gasteiger partial charge is 0.0647 e. The van der Waals surface area contributed by atoms with Gasteiger partial charge in [-0.1, -0.05) is 26.0 Å². The second-order valence-electron chi connectivity index (χ2n) is 2.75. The predicted molar refractivity (Wildman–Crippen MR) is 48.8 cm³/mol. The molecule has 0 fully saturated rings. The zero-order chi connectivity index (χ0) is 8.53. The number of hydrogen-bond acceptors (Lipinski definition) is 2. The fourth-order valence-corrected chi connectivity index (χ4v) is 0.667. The Bertz CT molecular complexity index is 99.7. The van der Waals surface area contributed by atoms with Crippen LogP contribution in [0.25, 0.3) is 0 Å². The number of nitrogens with one attached hydrogen (secondary N) is 1. The molecular formula is C9H19NO. The highest BCUT2D eigenvalue weighted by Gasteiger charge is 1.89. The Labute approximate surface area is 69.6 Å². The van der Waals surface area contributed by atoms with E-state index < -0.39 is 0 Å². The molecule has 0 bridgehead atoms. The number of hydrogen-bond donors (Lipinski definition) is 1. The van der Waals surface area contributed by atoms with Crippen molar-refractivity contribution in [2.75, 3.05) is 19.8 Å². The van der Waals surface area contributed by atoms with Crippen molar-refractivity contribution >= 4 is 0 Å². The van der Waals surface area contributed by atoms with Crippen LogP contribution in [0.4, 0.5) is 0 Å². The van der Waals surface area contributed by atoms with Crippen LogP contribution in [0, 0.1) is 0 Å². The van der Waals surface area contributed by atoms with Gasteiger partial charge >= 0.3 is 0 Å². The summed E-state index contributed by atoms with van der Waals surface area (Å²) >= 11 is 0. The molecule has 0 atom stereocenters. The topological polar surface area (TPSA) is 21.3 Å². The maximum Gasteiger partial charge on any atom is 0.0647 e. The van der Waals surface area contributed by atoms with Crippen LogP contribution in [0.5, 0.6) is 0 Å². The minimum atomic E-state index is 0.556. The minimum Gasteiger partial charge on any atom is -0.376 e. The summed E-state index contributed by atoms with van der Waals surface area (Å²) < 4.78 is 5.28. The van der Waals surface area contributed by atoms with Gasteiger partial charge in [-0.2, -0.15) is 0 Å². The van der Waals surface area contributed by atoms with E-state index in [1.807, 2.05) is 19.1 Å². The fraction of sp³-hybridized carbons (Fsp3) is 0.778. The molecule has 2 nitrogen and oxygen atoms in total. The molecule has 11 heavy (non-hydrogen) atoms. The van der Waals surface area contributed by atoms with E-state index in [1.165, 1.54) is 0 Å². The third kappa shape index (κ3) is 9.66. The van der Waals surface area contributed by atoms with Gasteiger partial charge in [0, 0.05) is 12.6 Å². The third-order valence-corrected chi connectivity index (χ3v) is 1.25. The van der Waals surface area contributed by atoms with Crippen molar-refractivity contribution < 1.29 is 4.74 Å². The molecule has 0 amide bonds. The summed E-state index contributed by atoms with van der Waals surface area (Å²) in [6, 6.07) is 0.556. The Balaban J connectivity index is 2.91. The lowest BCUT2D eigenvalue weighted by molar-refractivity contribution is 0.162. The average molecular weight is 157 g/mol. The molecule has 0 aliphatic heterocycles. The minimum absolute atomic E-state index is 0.556. The van der Waals surface area contributed by atoms with Crippen LogP contribution in [-0.4, -0.2) is 25.8 Å². The summed E-state index contributed by atoms with van der Waals surface area (Å²) in [5.41, 5.74) is 0. The molecule has 0 unspecified atom stereocenters. The van der Waals surface area contributed by atoms with Crippen LogP contribution in [0.15, 0.2) is 12.2 Å². The van der Waals surface area contributed by atoms with E-state index >= 15 is 0 Å². The predicted octanol–water partition coefficient (Wildman–Crippen LogP) is 1.58. The normalized spacial score (nSPS) is 11.6. The first-order valence-corrected chi connectivity index (χ1v) is 4.19. The highest BCUT2D eigenvalue weighted by Crippen LogP contribution is 1.78. The van der Waals surface area contributed by atoms with Gasteiger partial charge < -0.3 is 10.1 Å². The van der Waals surface area contributed by atoms with E-state index in [-0.39, 0.29) is 0 Å². The molecule has 0 aliphatic rings. The Morgan fingerprint density at radius 3 is 2.73 bits per heavy atom. The van der Waals surface area contributed by atoms with Crippen LogP contribution in [0.1, 0.15) is 20.8 Å². The molecule has 0 aromatic carbocycles. The largest absolute Gasteiger partial charge is 0.376 e. The highest BCUT2D eigenvalue weighted by molar-refractivity contribution is 4.75. The summed E-state index contributed by atoms with van der Waals surface area (Å²) in [5, 5.41) is 3.27. The van der Waals surface area contributed by atoms with E-state index in [0.29, 0.717) is 6.04 Å². The van der Waals surface area contributed by atoms with E-state index in [2.05, 4.69) is 19.2 Å². The molecule has 2 heteroatoms. The average Bonchev–Trinajstić information content (AvgIpc) is 1.96. The summed E-state index contributed by atoms with van der Waals surface area (Å²) in [4.78, 5) is 0. The monoisotopic (exact) mass is 157 g/mol. The summed E-state index contributed by atoms with van der Waals surface area (Å²) in [6.45, 7) is 8.72. The number of rotatable bonds is 6. The second kappa shape index (κ2) is 7.76. The highest BCUT2D eigenvalue weighted by atomic mass is 16.5. The first-order valence-electron chi connectivity index (χ1n) is 4.19. The van der Waals surface area contributed by atoms with E-state index in [0.717, 1.165) is 19.8 Å². The fourth-order valence-electron chi connectivity index (χ4n) is 0.667. The lowest BCUT2D eigenvalue weighted by Crippen LogP contribution is -2.26. The van der Waals surface area contributed by atoms with Crippen molar-refractivity contribution in [2.45, 2.75) is 26.8 Å². The van der Waals surface area contributed by atoms with Crippen molar-refractivity contribution in [3.63, 3.8) is 0 Å². The van der Waals surface area contributed by atoms with Crippen LogP contribution < -0.4 is 5.32 Å². The Kier molecular flexibility index (Phi) is 7.52. The van der Waals surface area contributed by atoms with Gasteiger partial charge in [0.05, 0.1) is 13.2 Å². The van der Waals surface area contributed by atoms with Crippen LogP contribution >= 0.6 is 0 Å². The molecule has 0 aromatic rings. The second-order valence-corrected chi connectivity index (χ2v) is 2.75. The Morgan fingerprint density at radius 1 is 1.45 bits per heavy atom. The van der Waals surface area contributed by atoms with Gasteiger partial charge in [0.15, 0.2) is 0 Å². The van der Waals surface area contributed by atoms with Gasteiger partial charge in [-0.15, -0.1) is 0 Å². The van der Waals surface area contributed by atoms with E-state index in [1.54, 1.807) is 0 Å². The molecule has 0 saturated carbocycles. The van der Waals surface area contributed by atoms with Gasteiger partial charge in [0.1, 0.15) is 0 Å². The quantitative estimate of drug-likeness (QED) is 0.467. The van der Waals surface area contributed by atoms with Crippen molar-refractivity contribution in [3.8, 4) is 0 Å². The lowest BCUT2D eigenvalue weighted by atomic mass is 10.4. The molecule has 0 radical (unpaired) electrons. The maximum absolute atomic E-state index is 5.28. The molecule has 0 aromatic heterocycles. The zero-order valence-corrected chi connectivity index (χ0v) is 7.76. The SMILES string of the molecule is CC=CCOCCNC(C)C. The Morgan fingerprint density at radius 2 is 2.18 bits per heavy atom. The zero-order valence-electron chi connectivity index (χ0n) is 7.76. The Hall–Kier alpha value is -0.340. The standard InChI is InChI=1S/C9H19NO/c1-4-5-7-11-8-6-10-9(2)3/h4-5,9-10H,6-8H2,1-3H3. The van der Waals surface area contributed by atoms with Crippen molar-refractivity contribution in [1.82, 2.24) is 5.32 Å². The lowest BCUT2D eigenvalue weighted by Gasteiger charge is -2.06. The van der Waals surface area contributed by atoms with Crippen molar-refractivity contribution in [2.24, 2.45) is 0 Å². The first kappa shape index (κ1) is 10.7. The molecule has 1 N–H and O–H groups in total. The molecule has 66 valence electrons. The molecule has 0 aliphatic carbocycles.